The molecule has 1 aromatic rings. The van der Waals surface area contributed by atoms with Gasteiger partial charge in [-0.1, -0.05) is 41.5 Å². The van der Waals surface area contributed by atoms with E-state index in [0.717, 1.165) is 25.2 Å². The summed E-state index contributed by atoms with van der Waals surface area (Å²) in [7, 11) is 0. The van der Waals surface area contributed by atoms with Crippen LogP contribution in [0.25, 0.3) is 0 Å². The molecule has 1 amide bonds. The molecule has 0 bridgehead atoms. The summed E-state index contributed by atoms with van der Waals surface area (Å²) >= 11 is 0. The zero-order valence-electron chi connectivity index (χ0n) is 13.6. The van der Waals surface area contributed by atoms with Crippen molar-refractivity contribution in [3.63, 3.8) is 0 Å². The lowest BCUT2D eigenvalue weighted by molar-refractivity contribution is 0.0628. The van der Waals surface area contributed by atoms with Crippen molar-refractivity contribution in [2.45, 2.75) is 66.3 Å². The molecule has 0 aliphatic heterocycles. The van der Waals surface area contributed by atoms with Gasteiger partial charge in [-0.15, -0.1) is 5.10 Å². The molecule has 0 fully saturated rings. The Kier molecular flexibility index (Phi) is 6.17. The van der Waals surface area contributed by atoms with Crippen molar-refractivity contribution in [2.24, 2.45) is 5.92 Å². The number of hydrogen-bond acceptors (Lipinski definition) is 3. The molecule has 1 rings (SSSR count). The molecule has 0 aliphatic rings. The fourth-order valence-electron chi connectivity index (χ4n) is 2.28. The Morgan fingerprint density at radius 3 is 2.20 bits per heavy atom. The van der Waals surface area contributed by atoms with Crippen molar-refractivity contribution >= 4 is 5.91 Å². The largest absolute Gasteiger partial charge is 0.333 e. The summed E-state index contributed by atoms with van der Waals surface area (Å²) in [6.45, 7) is 13.3. The maximum atomic E-state index is 12.7. The lowest BCUT2D eigenvalue weighted by Gasteiger charge is -2.31. The summed E-state index contributed by atoms with van der Waals surface area (Å²) in [5.74, 6) is 1.68. The molecule has 5 heteroatoms. The maximum absolute atomic E-state index is 12.7. The first-order valence-corrected chi connectivity index (χ1v) is 7.63. The number of carbonyl (C=O) groups is 1. The van der Waals surface area contributed by atoms with Crippen molar-refractivity contribution in [1.29, 1.82) is 0 Å². The van der Waals surface area contributed by atoms with Gasteiger partial charge >= 0.3 is 0 Å². The highest BCUT2D eigenvalue weighted by molar-refractivity contribution is 5.90. The highest BCUT2D eigenvalue weighted by Gasteiger charge is 2.26. The van der Waals surface area contributed by atoms with E-state index >= 15 is 0 Å². The molecule has 0 aromatic carbocycles. The van der Waals surface area contributed by atoms with Gasteiger partial charge in [0.15, 0.2) is 0 Å². The Labute approximate surface area is 122 Å². The van der Waals surface area contributed by atoms with Gasteiger partial charge < -0.3 is 4.90 Å². The monoisotopic (exact) mass is 280 g/mol. The first-order chi connectivity index (χ1) is 9.40. The number of aromatic nitrogens is 3. The van der Waals surface area contributed by atoms with E-state index in [1.54, 1.807) is 0 Å². The summed E-state index contributed by atoms with van der Waals surface area (Å²) in [6.07, 6.45) is 1.91. The molecule has 1 N–H and O–H groups in total. The molecule has 114 valence electrons. The molecule has 0 atom stereocenters. The number of aromatic amines is 1. The third kappa shape index (κ3) is 4.05. The second-order valence-electron chi connectivity index (χ2n) is 6.02. The van der Waals surface area contributed by atoms with E-state index in [4.69, 9.17) is 0 Å². The normalized spacial score (nSPS) is 11.7. The fourth-order valence-corrected chi connectivity index (χ4v) is 2.28. The maximum Gasteiger partial charge on any atom is 0.293 e. The molecule has 0 radical (unpaired) electrons. The van der Waals surface area contributed by atoms with Crippen LogP contribution < -0.4 is 0 Å². The van der Waals surface area contributed by atoms with Crippen molar-refractivity contribution in [1.82, 2.24) is 20.1 Å². The zero-order valence-corrected chi connectivity index (χ0v) is 13.6. The number of nitrogens with one attached hydrogen (secondary N) is 1. The van der Waals surface area contributed by atoms with Crippen molar-refractivity contribution in [3.8, 4) is 0 Å². The van der Waals surface area contributed by atoms with Gasteiger partial charge in [0.1, 0.15) is 5.82 Å². The minimum Gasteiger partial charge on any atom is -0.333 e. The summed E-state index contributed by atoms with van der Waals surface area (Å²) in [5.41, 5.74) is 0. The predicted octanol–water partition coefficient (Wildman–Crippen LogP) is 3.21. The number of H-pyrrole nitrogens is 1. The van der Waals surface area contributed by atoms with Crippen LogP contribution in [0, 0.1) is 5.92 Å². The third-order valence-electron chi connectivity index (χ3n) is 3.45. The second-order valence-corrected chi connectivity index (χ2v) is 6.02. The van der Waals surface area contributed by atoms with E-state index in [1.807, 2.05) is 18.7 Å². The van der Waals surface area contributed by atoms with Gasteiger partial charge in [-0.25, -0.2) is 4.98 Å². The first-order valence-electron chi connectivity index (χ1n) is 7.63. The zero-order chi connectivity index (χ0) is 15.3. The van der Waals surface area contributed by atoms with Crippen LogP contribution in [0.3, 0.4) is 0 Å². The van der Waals surface area contributed by atoms with Gasteiger partial charge in [0.25, 0.3) is 5.91 Å². The molecule has 0 aliphatic carbocycles. The predicted molar refractivity (Wildman–Crippen MR) is 80.7 cm³/mol. The Morgan fingerprint density at radius 2 is 1.80 bits per heavy atom. The Balaban J connectivity index is 2.96. The van der Waals surface area contributed by atoms with Crippen LogP contribution in [0.1, 0.15) is 76.7 Å². The topological polar surface area (TPSA) is 61.9 Å². The quantitative estimate of drug-likeness (QED) is 0.834. The number of carbonyl (C=O) groups excluding carboxylic acids is 1. The van der Waals surface area contributed by atoms with Crippen LogP contribution in [0.5, 0.6) is 0 Å². The van der Waals surface area contributed by atoms with Crippen LogP contribution in [-0.4, -0.2) is 38.6 Å². The van der Waals surface area contributed by atoms with Gasteiger partial charge in [-0.2, -0.15) is 0 Å². The Hall–Kier alpha value is -1.39. The molecule has 5 nitrogen and oxygen atoms in total. The van der Waals surface area contributed by atoms with Crippen molar-refractivity contribution < 1.29 is 4.79 Å². The number of hydrogen-bond donors (Lipinski definition) is 1. The Bertz CT molecular complexity index is 421. The third-order valence-corrected chi connectivity index (χ3v) is 3.45. The van der Waals surface area contributed by atoms with Gasteiger partial charge in [0, 0.05) is 18.5 Å². The van der Waals surface area contributed by atoms with Crippen LogP contribution in [0.4, 0.5) is 0 Å². The number of nitrogens with zero attached hydrogens (tertiary/aromatic N) is 3. The van der Waals surface area contributed by atoms with Gasteiger partial charge in [-0.3, -0.25) is 9.89 Å². The van der Waals surface area contributed by atoms with Crippen LogP contribution in [0.15, 0.2) is 0 Å². The molecule has 0 saturated heterocycles. The summed E-state index contributed by atoms with van der Waals surface area (Å²) < 4.78 is 0. The first kappa shape index (κ1) is 16.7. The van der Waals surface area contributed by atoms with Gasteiger partial charge in [-0.05, 0) is 18.8 Å². The van der Waals surface area contributed by atoms with Gasteiger partial charge in [0.2, 0.25) is 5.82 Å². The number of rotatable bonds is 7. The van der Waals surface area contributed by atoms with E-state index in [1.165, 1.54) is 0 Å². The summed E-state index contributed by atoms with van der Waals surface area (Å²) in [6, 6.07) is 0.255. The average molecular weight is 280 g/mol. The molecule has 1 heterocycles. The summed E-state index contributed by atoms with van der Waals surface area (Å²) in [4.78, 5) is 18.9. The summed E-state index contributed by atoms with van der Waals surface area (Å²) in [5, 5.41) is 6.95. The van der Waals surface area contributed by atoms with E-state index in [0.29, 0.717) is 11.7 Å². The van der Waals surface area contributed by atoms with Gasteiger partial charge in [0.05, 0.1) is 0 Å². The van der Waals surface area contributed by atoms with Crippen LogP contribution in [-0.2, 0) is 0 Å². The average Bonchev–Trinajstić information content (AvgIpc) is 2.87. The Morgan fingerprint density at radius 1 is 1.20 bits per heavy atom. The van der Waals surface area contributed by atoms with Crippen molar-refractivity contribution in [3.05, 3.63) is 11.6 Å². The number of amides is 1. The molecule has 0 saturated carbocycles. The highest BCUT2D eigenvalue weighted by Crippen LogP contribution is 2.15. The molecule has 20 heavy (non-hydrogen) atoms. The standard InChI is InChI=1S/C15H28N4O/c1-7-12(8-2)19(9-10(3)4)15(20)14-16-13(11(5)6)17-18-14/h10-12H,7-9H2,1-6H3,(H,16,17,18). The molecule has 1 aromatic heterocycles. The molecule has 0 spiro atoms. The lowest BCUT2D eigenvalue weighted by Crippen LogP contribution is -2.42. The molecule has 0 unspecified atom stereocenters. The van der Waals surface area contributed by atoms with E-state index < -0.39 is 0 Å². The SMILES string of the molecule is CCC(CC)N(CC(C)C)C(=O)c1n[nH]c(C(C)C)n1. The van der Waals surface area contributed by atoms with E-state index in [2.05, 4.69) is 42.9 Å². The molecular weight excluding hydrogens is 252 g/mol. The minimum absolute atomic E-state index is 0.0597. The van der Waals surface area contributed by atoms with E-state index in [9.17, 15) is 4.79 Å². The fraction of sp³-hybridized carbons (Fsp3) is 0.800. The smallest absolute Gasteiger partial charge is 0.293 e. The minimum atomic E-state index is -0.0597. The molecular formula is C15H28N4O. The second kappa shape index (κ2) is 7.41. The highest BCUT2D eigenvalue weighted by atomic mass is 16.2. The van der Waals surface area contributed by atoms with Crippen molar-refractivity contribution in [2.75, 3.05) is 6.54 Å². The van der Waals surface area contributed by atoms with Crippen LogP contribution >= 0.6 is 0 Å². The lowest BCUT2D eigenvalue weighted by atomic mass is 10.1. The van der Waals surface area contributed by atoms with Crippen LogP contribution in [0.2, 0.25) is 0 Å². The van der Waals surface area contributed by atoms with E-state index in [-0.39, 0.29) is 17.9 Å².